The molecule has 0 N–H and O–H groups in total. The lowest BCUT2D eigenvalue weighted by atomic mass is 9.84. The summed E-state index contributed by atoms with van der Waals surface area (Å²) in [6.45, 7) is 8.00. The Morgan fingerprint density at radius 2 is 2.18 bits per heavy atom. The van der Waals surface area contributed by atoms with E-state index in [4.69, 9.17) is 5.26 Å². The van der Waals surface area contributed by atoms with E-state index in [0.29, 0.717) is 6.54 Å². The lowest BCUT2D eigenvalue weighted by molar-refractivity contribution is 0.589. The molecular weight excluding hydrogens is 208 g/mol. The molecule has 0 aliphatic carbocycles. The van der Waals surface area contributed by atoms with Crippen LogP contribution in [0.1, 0.15) is 38.3 Å². The Morgan fingerprint density at radius 1 is 1.41 bits per heavy atom. The van der Waals surface area contributed by atoms with E-state index >= 15 is 0 Å². The standard InChI is InChI=1S/C15H18N2/c1-15(2,3)13-6-7-14-12(11-13)5-4-9-17(14)10-8-16/h6-7,11H,4,9-10H2,1-3H3. The van der Waals surface area contributed by atoms with E-state index in [1.165, 1.54) is 5.56 Å². The van der Waals surface area contributed by atoms with Crippen LogP contribution in [0.5, 0.6) is 0 Å². The molecule has 1 aromatic rings. The Kier molecular flexibility index (Phi) is 3.11. The van der Waals surface area contributed by atoms with E-state index in [1.54, 1.807) is 0 Å². The monoisotopic (exact) mass is 226 g/mol. The van der Waals surface area contributed by atoms with Crippen LogP contribution in [0.25, 0.3) is 0 Å². The third-order valence-corrected chi connectivity index (χ3v) is 3.16. The van der Waals surface area contributed by atoms with Gasteiger partial charge in [0.15, 0.2) is 0 Å². The molecule has 0 atom stereocenters. The SMILES string of the molecule is CC(C)(C)c1ccc2c(c1)[C]CCN2CC#N. The van der Waals surface area contributed by atoms with Gasteiger partial charge in [0, 0.05) is 18.7 Å². The summed E-state index contributed by atoms with van der Waals surface area (Å²) in [6.07, 6.45) is 4.32. The number of hydrogen-bond donors (Lipinski definition) is 0. The molecule has 0 saturated heterocycles. The van der Waals surface area contributed by atoms with Crippen LogP contribution in [0.15, 0.2) is 18.2 Å². The first kappa shape index (κ1) is 12.0. The fourth-order valence-corrected chi connectivity index (χ4v) is 2.12. The van der Waals surface area contributed by atoms with Crippen LogP contribution in [0, 0.1) is 17.8 Å². The first-order chi connectivity index (χ1) is 8.02. The van der Waals surface area contributed by atoms with E-state index < -0.39 is 0 Å². The molecule has 0 amide bonds. The first-order valence-corrected chi connectivity index (χ1v) is 6.02. The zero-order valence-electron chi connectivity index (χ0n) is 10.7. The molecule has 2 heteroatoms. The van der Waals surface area contributed by atoms with Crippen molar-refractivity contribution in [3.63, 3.8) is 0 Å². The summed E-state index contributed by atoms with van der Waals surface area (Å²) >= 11 is 0. The third kappa shape index (κ3) is 2.44. The van der Waals surface area contributed by atoms with E-state index in [-0.39, 0.29) is 5.41 Å². The summed E-state index contributed by atoms with van der Waals surface area (Å²) in [6, 6.07) is 8.72. The molecule has 0 bridgehead atoms. The maximum Gasteiger partial charge on any atom is 0.105 e. The number of fused-ring (bicyclic) bond motifs is 1. The van der Waals surface area contributed by atoms with Crippen molar-refractivity contribution in [3.05, 3.63) is 35.7 Å². The molecule has 0 spiro atoms. The molecule has 0 fully saturated rings. The summed E-state index contributed by atoms with van der Waals surface area (Å²) in [7, 11) is 0. The van der Waals surface area contributed by atoms with Gasteiger partial charge in [0.2, 0.25) is 0 Å². The van der Waals surface area contributed by atoms with Crippen LogP contribution in [0.3, 0.4) is 0 Å². The zero-order valence-corrected chi connectivity index (χ0v) is 10.7. The molecule has 1 aliphatic rings. The highest BCUT2D eigenvalue weighted by molar-refractivity contribution is 5.61. The Bertz CT molecular complexity index is 449. The van der Waals surface area contributed by atoms with Crippen molar-refractivity contribution in [2.24, 2.45) is 0 Å². The third-order valence-electron chi connectivity index (χ3n) is 3.16. The number of benzene rings is 1. The highest BCUT2D eigenvalue weighted by Gasteiger charge is 2.20. The molecule has 0 aromatic heterocycles. The number of nitrogens with zero attached hydrogens (tertiary/aromatic N) is 2. The Labute approximate surface area is 104 Å². The van der Waals surface area contributed by atoms with Crippen molar-refractivity contribution in [1.29, 1.82) is 5.26 Å². The molecule has 88 valence electrons. The van der Waals surface area contributed by atoms with Gasteiger partial charge in [0.1, 0.15) is 6.54 Å². The van der Waals surface area contributed by atoms with Crippen LogP contribution in [0.4, 0.5) is 5.69 Å². The van der Waals surface area contributed by atoms with Gasteiger partial charge in [0.05, 0.1) is 6.07 Å². The van der Waals surface area contributed by atoms with Gasteiger partial charge >= 0.3 is 0 Å². The molecule has 2 nitrogen and oxygen atoms in total. The fourth-order valence-electron chi connectivity index (χ4n) is 2.12. The van der Waals surface area contributed by atoms with Gasteiger partial charge in [0.25, 0.3) is 0 Å². The van der Waals surface area contributed by atoms with Crippen molar-refractivity contribution in [2.45, 2.75) is 32.6 Å². The highest BCUT2D eigenvalue weighted by atomic mass is 15.1. The second-order valence-electron chi connectivity index (χ2n) is 5.49. The largest absolute Gasteiger partial charge is 0.358 e. The molecule has 1 heterocycles. The van der Waals surface area contributed by atoms with Crippen molar-refractivity contribution in [3.8, 4) is 6.07 Å². The minimum absolute atomic E-state index is 0.161. The van der Waals surface area contributed by atoms with Gasteiger partial charge in [-0.25, -0.2) is 0 Å². The fraction of sp³-hybridized carbons (Fsp3) is 0.467. The first-order valence-electron chi connectivity index (χ1n) is 6.02. The lowest BCUT2D eigenvalue weighted by Crippen LogP contribution is -2.29. The Morgan fingerprint density at radius 3 is 2.82 bits per heavy atom. The number of anilines is 1. The van der Waals surface area contributed by atoms with Gasteiger partial charge in [-0.2, -0.15) is 5.26 Å². The average molecular weight is 226 g/mol. The second kappa shape index (κ2) is 4.41. The minimum atomic E-state index is 0.161. The summed E-state index contributed by atoms with van der Waals surface area (Å²) in [5.74, 6) is 0. The molecule has 0 saturated carbocycles. The summed E-state index contributed by atoms with van der Waals surface area (Å²) in [5.41, 5.74) is 3.78. The number of nitriles is 1. The maximum atomic E-state index is 8.82. The van der Waals surface area contributed by atoms with Gasteiger partial charge < -0.3 is 4.90 Å². The van der Waals surface area contributed by atoms with E-state index in [0.717, 1.165) is 24.2 Å². The van der Waals surface area contributed by atoms with Crippen molar-refractivity contribution in [2.75, 3.05) is 18.0 Å². The molecule has 2 radical (unpaired) electrons. The van der Waals surface area contributed by atoms with Crippen LogP contribution >= 0.6 is 0 Å². The van der Waals surface area contributed by atoms with Crippen LogP contribution in [-0.4, -0.2) is 13.1 Å². The predicted molar refractivity (Wildman–Crippen MR) is 69.9 cm³/mol. The molecule has 17 heavy (non-hydrogen) atoms. The van der Waals surface area contributed by atoms with E-state index in [2.05, 4.69) is 56.4 Å². The highest BCUT2D eigenvalue weighted by Crippen LogP contribution is 2.32. The smallest absolute Gasteiger partial charge is 0.105 e. The topological polar surface area (TPSA) is 27.0 Å². The zero-order chi connectivity index (χ0) is 12.5. The van der Waals surface area contributed by atoms with E-state index in [9.17, 15) is 0 Å². The average Bonchev–Trinajstić information content (AvgIpc) is 2.28. The van der Waals surface area contributed by atoms with Gasteiger partial charge in [-0.05, 0) is 29.0 Å². The summed E-state index contributed by atoms with van der Waals surface area (Å²) in [5, 5.41) is 8.82. The predicted octanol–water partition coefficient (Wildman–Crippen LogP) is 3.15. The van der Waals surface area contributed by atoms with Gasteiger partial charge in [-0.3, -0.25) is 0 Å². The number of rotatable bonds is 1. The second-order valence-corrected chi connectivity index (χ2v) is 5.49. The van der Waals surface area contributed by atoms with Crippen LogP contribution < -0.4 is 4.90 Å². The Balaban J connectivity index is 2.37. The molecule has 0 unspecified atom stereocenters. The van der Waals surface area contributed by atoms with Crippen molar-refractivity contribution in [1.82, 2.24) is 0 Å². The molecular formula is C15H18N2. The van der Waals surface area contributed by atoms with Crippen molar-refractivity contribution >= 4 is 5.69 Å². The van der Waals surface area contributed by atoms with Crippen molar-refractivity contribution < 1.29 is 0 Å². The maximum absolute atomic E-state index is 8.82. The summed E-state index contributed by atoms with van der Waals surface area (Å²) < 4.78 is 0. The van der Waals surface area contributed by atoms with E-state index in [1.807, 2.05) is 0 Å². The number of hydrogen-bond acceptors (Lipinski definition) is 2. The lowest BCUT2D eigenvalue weighted by Gasteiger charge is -2.30. The van der Waals surface area contributed by atoms with Crippen LogP contribution in [-0.2, 0) is 5.41 Å². The summed E-state index contributed by atoms with van der Waals surface area (Å²) in [4.78, 5) is 2.12. The van der Waals surface area contributed by atoms with Crippen LogP contribution in [0.2, 0.25) is 0 Å². The quantitative estimate of drug-likeness (QED) is 0.688. The molecule has 2 rings (SSSR count). The normalized spacial score (nSPS) is 15.3. The molecule has 1 aromatic carbocycles. The Hall–Kier alpha value is -1.49. The minimum Gasteiger partial charge on any atom is -0.358 e. The molecule has 1 aliphatic heterocycles. The van der Waals surface area contributed by atoms with Gasteiger partial charge in [-0.1, -0.05) is 32.9 Å². The van der Waals surface area contributed by atoms with Gasteiger partial charge in [-0.15, -0.1) is 0 Å².